The molecule has 0 bridgehead atoms. The number of nitriles is 1. The van der Waals surface area contributed by atoms with Crippen LogP contribution in [-0.2, 0) is 23.4 Å². The predicted molar refractivity (Wildman–Crippen MR) is 93.5 cm³/mol. The van der Waals surface area contributed by atoms with E-state index in [4.69, 9.17) is 19.5 Å². The van der Waals surface area contributed by atoms with Crippen LogP contribution in [-0.4, -0.2) is 13.9 Å². The van der Waals surface area contributed by atoms with Crippen LogP contribution in [0.5, 0.6) is 11.5 Å². The minimum atomic E-state index is -4.82. The van der Waals surface area contributed by atoms with Crippen LogP contribution >= 0.6 is 0 Å². The third-order valence-electron chi connectivity index (χ3n) is 3.72. The maximum Gasteiger partial charge on any atom is 0.416 e. The van der Waals surface area contributed by atoms with Crippen LogP contribution in [0.1, 0.15) is 22.3 Å². The third-order valence-corrected chi connectivity index (χ3v) is 3.72. The van der Waals surface area contributed by atoms with Crippen molar-refractivity contribution >= 4 is 0 Å². The maximum atomic E-state index is 13.9. The highest BCUT2D eigenvalue weighted by atomic mass is 19.4. The summed E-state index contributed by atoms with van der Waals surface area (Å²) in [6.45, 7) is 2.42. The van der Waals surface area contributed by atoms with E-state index in [0.717, 1.165) is 12.1 Å². The Morgan fingerprint density at radius 2 is 1.59 bits per heavy atom. The van der Waals surface area contributed by atoms with Crippen molar-refractivity contribution < 1.29 is 36.2 Å². The van der Waals surface area contributed by atoms with Gasteiger partial charge < -0.3 is 14.2 Å². The molecule has 154 valence electrons. The molecule has 2 aromatic rings. The van der Waals surface area contributed by atoms with Crippen molar-refractivity contribution in [2.45, 2.75) is 18.7 Å². The second kappa shape index (κ2) is 8.92. The quantitative estimate of drug-likeness (QED) is 0.330. The fourth-order valence-corrected chi connectivity index (χ4v) is 2.35. The molecule has 2 rings (SSSR count). The Hall–Kier alpha value is -3.12. The lowest BCUT2D eigenvalue weighted by Gasteiger charge is -2.17. The van der Waals surface area contributed by atoms with Crippen molar-refractivity contribution in [2.75, 3.05) is 13.9 Å². The van der Waals surface area contributed by atoms with Crippen molar-refractivity contribution in [2.24, 2.45) is 0 Å². The van der Waals surface area contributed by atoms with Gasteiger partial charge in [-0.3, -0.25) is 0 Å². The van der Waals surface area contributed by atoms with E-state index in [1.54, 1.807) is 0 Å². The molecular weight excluding hydrogens is 397 g/mol. The Bertz CT molecular complexity index is 919. The van der Waals surface area contributed by atoms with Gasteiger partial charge in [0.1, 0.15) is 18.1 Å². The summed E-state index contributed by atoms with van der Waals surface area (Å²) in [4.78, 5) is 0. The molecule has 9 heteroatoms. The number of rotatable bonds is 8. The number of nitrogens with zero attached hydrogens (tertiary/aromatic N) is 1. The number of hydrogen-bond acceptors (Lipinski definition) is 4. The van der Waals surface area contributed by atoms with E-state index in [-0.39, 0.29) is 35.5 Å². The monoisotopic (exact) mass is 413 g/mol. The Morgan fingerprint density at radius 1 is 0.966 bits per heavy atom. The van der Waals surface area contributed by atoms with E-state index in [1.165, 1.54) is 25.3 Å². The molecule has 0 saturated carbocycles. The summed E-state index contributed by atoms with van der Waals surface area (Å²) >= 11 is 0. The molecule has 0 unspecified atom stereocenters. The minimum Gasteiger partial charge on any atom is -0.489 e. The zero-order valence-corrected chi connectivity index (χ0v) is 15.2. The molecule has 0 fully saturated rings. The summed E-state index contributed by atoms with van der Waals surface area (Å²) < 4.78 is 82.4. The Balaban J connectivity index is 2.33. The predicted octanol–water partition coefficient (Wildman–Crippen LogP) is 5.42. The molecule has 0 spiro atoms. The number of hydrogen-bond donors (Lipinski definition) is 0. The van der Waals surface area contributed by atoms with Crippen molar-refractivity contribution in [1.82, 2.24) is 0 Å². The highest BCUT2D eigenvalue weighted by Gasteiger charge is 2.35. The van der Waals surface area contributed by atoms with Crippen LogP contribution in [0.4, 0.5) is 22.0 Å². The molecule has 0 saturated heterocycles. The van der Waals surface area contributed by atoms with Gasteiger partial charge in [-0.2, -0.15) is 27.2 Å². The van der Waals surface area contributed by atoms with Gasteiger partial charge in [-0.05, 0) is 42.0 Å². The molecular formula is C20H16F5NO3. The number of alkyl halides is 5. The van der Waals surface area contributed by atoms with Gasteiger partial charge in [0, 0.05) is 18.7 Å². The summed E-state index contributed by atoms with van der Waals surface area (Å²) in [7, 11) is 1.40. The highest BCUT2D eigenvalue weighted by Crippen LogP contribution is 2.36. The van der Waals surface area contributed by atoms with Crippen LogP contribution < -0.4 is 9.47 Å². The van der Waals surface area contributed by atoms with E-state index < -0.39 is 29.8 Å². The van der Waals surface area contributed by atoms with Gasteiger partial charge in [0.2, 0.25) is 0 Å². The molecule has 0 aromatic heterocycles. The van der Waals surface area contributed by atoms with Gasteiger partial charge in [-0.25, -0.2) is 0 Å². The average Bonchev–Trinajstić information content (AvgIpc) is 2.69. The van der Waals surface area contributed by atoms with E-state index in [9.17, 15) is 22.0 Å². The lowest BCUT2D eigenvalue weighted by Crippen LogP contribution is -2.14. The number of ether oxygens (including phenoxy) is 3. The van der Waals surface area contributed by atoms with E-state index in [1.807, 2.05) is 6.07 Å². The minimum absolute atomic E-state index is 0.0953. The van der Waals surface area contributed by atoms with Crippen LogP contribution in [0.3, 0.4) is 0 Å². The standard InChI is InChI=1S/C20H16F5NO3/c1-3-19(21,22)15-4-14(5-16(8-15)20(23,24)25)11-28-17-6-13(10-26)7-18(9-17)29-12-27-2/h3-9H,1,11-12H2,2H3. The molecule has 0 atom stereocenters. The summed E-state index contributed by atoms with van der Waals surface area (Å²) in [5, 5.41) is 9.07. The van der Waals surface area contributed by atoms with Crippen molar-refractivity contribution in [3.05, 3.63) is 71.3 Å². The number of methoxy groups -OCH3 is 1. The molecule has 0 aliphatic heterocycles. The first-order chi connectivity index (χ1) is 13.6. The van der Waals surface area contributed by atoms with Crippen LogP contribution in [0.2, 0.25) is 0 Å². The fraction of sp³-hybridized carbons (Fsp3) is 0.250. The average molecular weight is 413 g/mol. The molecule has 29 heavy (non-hydrogen) atoms. The second-order valence-electron chi connectivity index (χ2n) is 5.89. The second-order valence-corrected chi connectivity index (χ2v) is 5.89. The third kappa shape index (κ3) is 5.93. The zero-order valence-electron chi connectivity index (χ0n) is 15.2. The van der Waals surface area contributed by atoms with Gasteiger partial charge >= 0.3 is 6.18 Å². The SMILES string of the molecule is C=CC(F)(F)c1cc(COc2cc(C#N)cc(OCOC)c2)cc(C(F)(F)F)c1. The Labute approximate surface area is 163 Å². The Kier molecular flexibility index (Phi) is 6.82. The molecule has 0 aliphatic rings. The summed E-state index contributed by atoms with van der Waals surface area (Å²) in [5.74, 6) is -3.29. The van der Waals surface area contributed by atoms with Crippen LogP contribution in [0.25, 0.3) is 0 Å². The van der Waals surface area contributed by atoms with Gasteiger partial charge in [-0.15, -0.1) is 0 Å². The topological polar surface area (TPSA) is 51.5 Å². The smallest absolute Gasteiger partial charge is 0.416 e. The van der Waals surface area contributed by atoms with Crippen molar-refractivity contribution in [1.29, 1.82) is 5.26 Å². The fourth-order valence-electron chi connectivity index (χ4n) is 2.35. The summed E-state index contributed by atoms with van der Waals surface area (Å²) in [6.07, 6.45) is -4.55. The van der Waals surface area contributed by atoms with Gasteiger partial charge in [0.15, 0.2) is 6.79 Å². The number of allylic oxidation sites excluding steroid dienone is 1. The van der Waals surface area contributed by atoms with E-state index in [2.05, 4.69) is 6.58 Å². The van der Waals surface area contributed by atoms with E-state index in [0.29, 0.717) is 6.07 Å². The first-order valence-electron chi connectivity index (χ1n) is 8.12. The van der Waals surface area contributed by atoms with Gasteiger partial charge in [0.05, 0.1) is 17.2 Å². The molecule has 0 aliphatic carbocycles. The normalized spacial score (nSPS) is 11.6. The lowest BCUT2D eigenvalue weighted by atomic mass is 10.0. The lowest BCUT2D eigenvalue weighted by molar-refractivity contribution is -0.137. The molecule has 0 amide bonds. The largest absolute Gasteiger partial charge is 0.489 e. The molecule has 4 nitrogen and oxygen atoms in total. The van der Waals surface area contributed by atoms with Crippen molar-refractivity contribution in [3.8, 4) is 17.6 Å². The summed E-state index contributed by atoms with van der Waals surface area (Å²) in [5.41, 5.74) is -2.03. The highest BCUT2D eigenvalue weighted by molar-refractivity contribution is 5.44. The van der Waals surface area contributed by atoms with Crippen LogP contribution in [0, 0.1) is 11.3 Å². The summed E-state index contributed by atoms with van der Waals surface area (Å²) in [6, 6.07) is 8.04. The first kappa shape index (κ1) is 22.2. The van der Waals surface area contributed by atoms with Gasteiger partial charge in [0.25, 0.3) is 5.92 Å². The van der Waals surface area contributed by atoms with E-state index >= 15 is 0 Å². The van der Waals surface area contributed by atoms with Crippen molar-refractivity contribution in [3.63, 3.8) is 0 Å². The molecule has 0 radical (unpaired) electrons. The molecule has 0 heterocycles. The molecule has 2 aromatic carbocycles. The number of halogens is 5. The molecule has 0 N–H and O–H groups in total. The Morgan fingerprint density at radius 3 is 2.14 bits per heavy atom. The number of benzene rings is 2. The first-order valence-corrected chi connectivity index (χ1v) is 8.12. The van der Waals surface area contributed by atoms with Crippen LogP contribution in [0.15, 0.2) is 49.1 Å². The van der Waals surface area contributed by atoms with Gasteiger partial charge in [-0.1, -0.05) is 6.58 Å². The maximum absolute atomic E-state index is 13.9. The zero-order chi connectivity index (χ0) is 21.7.